The normalized spacial score (nSPS) is 23.6. The number of hydrogen-bond donors (Lipinski definition) is 2. The van der Waals surface area contributed by atoms with Gasteiger partial charge in [-0.1, -0.05) is 0 Å². The molecule has 0 unspecified atom stereocenters. The summed E-state index contributed by atoms with van der Waals surface area (Å²) in [5.41, 5.74) is -1.24. The molecule has 124 valence electrons. The number of amides is 2. The summed E-state index contributed by atoms with van der Waals surface area (Å²) in [4.78, 5) is 37.5. The van der Waals surface area contributed by atoms with E-state index in [1.165, 1.54) is 6.26 Å². The van der Waals surface area contributed by atoms with Crippen molar-refractivity contribution >= 4 is 17.8 Å². The molecule has 1 aliphatic carbocycles. The first-order valence-electron chi connectivity index (χ1n) is 7.75. The number of nitrogens with one attached hydrogen (secondary N) is 1. The monoisotopic (exact) mass is 320 g/mol. The van der Waals surface area contributed by atoms with Gasteiger partial charge in [-0.05, 0) is 37.8 Å². The molecule has 0 spiro atoms. The minimum atomic E-state index is -1.24. The maximum absolute atomic E-state index is 12.4. The van der Waals surface area contributed by atoms with Crippen LogP contribution in [-0.4, -0.2) is 39.9 Å². The van der Waals surface area contributed by atoms with Gasteiger partial charge < -0.3 is 19.7 Å². The van der Waals surface area contributed by atoms with Crippen LogP contribution in [0.5, 0.6) is 0 Å². The van der Waals surface area contributed by atoms with Crippen molar-refractivity contribution in [2.45, 2.75) is 38.3 Å². The van der Waals surface area contributed by atoms with E-state index in [4.69, 9.17) is 4.42 Å². The second-order valence-electron chi connectivity index (χ2n) is 6.53. The van der Waals surface area contributed by atoms with Crippen LogP contribution in [0, 0.1) is 11.8 Å². The molecule has 2 N–H and O–H groups in total. The molecule has 0 radical (unpaired) electrons. The second-order valence-corrected chi connectivity index (χ2v) is 6.53. The Bertz CT molecular complexity index is 622. The highest BCUT2D eigenvalue weighted by Crippen LogP contribution is 2.40. The van der Waals surface area contributed by atoms with Gasteiger partial charge in [0.05, 0.1) is 18.7 Å². The lowest BCUT2D eigenvalue weighted by Crippen LogP contribution is -2.55. The molecule has 2 amide bonds. The van der Waals surface area contributed by atoms with E-state index in [1.807, 2.05) is 0 Å². The third-order valence-corrected chi connectivity index (χ3v) is 4.73. The molecule has 3 rings (SSSR count). The average Bonchev–Trinajstić information content (AvgIpc) is 3.13. The molecule has 1 saturated heterocycles. The van der Waals surface area contributed by atoms with Crippen LogP contribution in [0.3, 0.4) is 0 Å². The number of nitrogens with zero attached hydrogens (tertiary/aromatic N) is 1. The van der Waals surface area contributed by atoms with Crippen molar-refractivity contribution < 1.29 is 23.9 Å². The maximum atomic E-state index is 12.4. The van der Waals surface area contributed by atoms with Crippen LogP contribution >= 0.6 is 0 Å². The highest BCUT2D eigenvalue weighted by Gasteiger charge is 2.49. The average molecular weight is 320 g/mol. The van der Waals surface area contributed by atoms with Gasteiger partial charge in [0.2, 0.25) is 11.8 Å². The zero-order valence-electron chi connectivity index (χ0n) is 12.9. The summed E-state index contributed by atoms with van der Waals surface area (Å²) in [5, 5.41) is 12.1. The predicted molar refractivity (Wildman–Crippen MR) is 79.1 cm³/mol. The molecule has 7 heteroatoms. The number of aliphatic carboxylic acids is 1. The Morgan fingerprint density at radius 1 is 1.48 bits per heavy atom. The Kier molecular flexibility index (Phi) is 3.87. The lowest BCUT2D eigenvalue weighted by atomic mass is 9.94. The Labute approximate surface area is 133 Å². The summed E-state index contributed by atoms with van der Waals surface area (Å²) >= 11 is 0. The van der Waals surface area contributed by atoms with E-state index >= 15 is 0 Å². The smallest absolute Gasteiger partial charge is 0.329 e. The van der Waals surface area contributed by atoms with Crippen LogP contribution in [-0.2, 0) is 20.9 Å². The largest absolute Gasteiger partial charge is 0.480 e. The SMILES string of the molecule is C[C@](NC(=O)[C@@H]1CC(=O)N(Cc2ccco2)C1)(C(=O)O)C1CC1. The molecule has 1 aliphatic heterocycles. The van der Waals surface area contributed by atoms with Crippen molar-refractivity contribution in [1.82, 2.24) is 10.2 Å². The van der Waals surface area contributed by atoms with Crippen LogP contribution in [0.1, 0.15) is 31.9 Å². The van der Waals surface area contributed by atoms with Gasteiger partial charge >= 0.3 is 5.97 Å². The molecule has 0 bridgehead atoms. The number of carbonyl (C=O) groups is 3. The Morgan fingerprint density at radius 3 is 2.78 bits per heavy atom. The molecular weight excluding hydrogens is 300 g/mol. The molecule has 23 heavy (non-hydrogen) atoms. The van der Waals surface area contributed by atoms with Gasteiger partial charge in [-0.3, -0.25) is 9.59 Å². The lowest BCUT2D eigenvalue weighted by molar-refractivity contribution is -0.148. The molecule has 2 atom stereocenters. The quantitative estimate of drug-likeness (QED) is 0.814. The molecule has 7 nitrogen and oxygen atoms in total. The first-order chi connectivity index (χ1) is 10.9. The van der Waals surface area contributed by atoms with Crippen LogP contribution in [0.4, 0.5) is 0 Å². The van der Waals surface area contributed by atoms with E-state index in [2.05, 4.69) is 5.32 Å². The second kappa shape index (κ2) is 5.72. The van der Waals surface area contributed by atoms with Gasteiger partial charge in [-0.25, -0.2) is 4.79 Å². The molecule has 1 aromatic heterocycles. The third kappa shape index (κ3) is 3.09. The summed E-state index contributed by atoms with van der Waals surface area (Å²) in [6.07, 6.45) is 3.25. The van der Waals surface area contributed by atoms with Gasteiger partial charge in [0.15, 0.2) is 0 Å². The Morgan fingerprint density at radius 2 is 2.22 bits per heavy atom. The Balaban J connectivity index is 1.62. The van der Waals surface area contributed by atoms with Crippen molar-refractivity contribution in [2.24, 2.45) is 11.8 Å². The fourth-order valence-corrected chi connectivity index (χ4v) is 3.04. The summed E-state index contributed by atoms with van der Waals surface area (Å²) < 4.78 is 5.22. The number of carboxylic acid groups (broad SMARTS) is 1. The van der Waals surface area contributed by atoms with E-state index in [9.17, 15) is 19.5 Å². The van der Waals surface area contributed by atoms with E-state index in [0.29, 0.717) is 12.3 Å². The fourth-order valence-electron chi connectivity index (χ4n) is 3.04. The Hall–Kier alpha value is -2.31. The van der Waals surface area contributed by atoms with Crippen LogP contribution < -0.4 is 5.32 Å². The number of rotatable bonds is 6. The van der Waals surface area contributed by atoms with Crippen LogP contribution in [0.25, 0.3) is 0 Å². The highest BCUT2D eigenvalue weighted by atomic mass is 16.4. The lowest BCUT2D eigenvalue weighted by Gasteiger charge is -2.27. The summed E-state index contributed by atoms with van der Waals surface area (Å²) in [5.74, 6) is -1.39. The van der Waals surface area contributed by atoms with E-state index in [1.54, 1.807) is 24.0 Å². The molecule has 0 aromatic carbocycles. The van der Waals surface area contributed by atoms with E-state index in [0.717, 1.165) is 12.8 Å². The third-order valence-electron chi connectivity index (χ3n) is 4.73. The number of likely N-dealkylation sites (tertiary alicyclic amines) is 1. The first-order valence-corrected chi connectivity index (χ1v) is 7.75. The van der Waals surface area contributed by atoms with Crippen LogP contribution in [0.15, 0.2) is 22.8 Å². The van der Waals surface area contributed by atoms with Gasteiger partial charge in [0.25, 0.3) is 0 Å². The highest BCUT2D eigenvalue weighted by molar-refractivity contribution is 5.92. The van der Waals surface area contributed by atoms with Crippen molar-refractivity contribution in [3.63, 3.8) is 0 Å². The zero-order valence-corrected chi connectivity index (χ0v) is 12.9. The van der Waals surface area contributed by atoms with Crippen LogP contribution in [0.2, 0.25) is 0 Å². The molecule has 2 aliphatic rings. The minimum absolute atomic E-state index is 0.0275. The van der Waals surface area contributed by atoms with Gasteiger partial charge in [-0.2, -0.15) is 0 Å². The zero-order chi connectivity index (χ0) is 16.6. The molecule has 2 fully saturated rings. The molecule has 1 saturated carbocycles. The maximum Gasteiger partial charge on any atom is 0.329 e. The fraction of sp³-hybridized carbons (Fsp3) is 0.562. The molecule has 1 aromatic rings. The number of carboxylic acids is 1. The van der Waals surface area contributed by atoms with Crippen molar-refractivity contribution in [3.05, 3.63) is 24.2 Å². The summed E-state index contributed by atoms with van der Waals surface area (Å²) in [6, 6.07) is 3.52. The standard InChI is InChI=1S/C16H20N2O5/c1-16(15(21)22,11-4-5-11)17-14(20)10-7-13(19)18(8-10)9-12-3-2-6-23-12/h2-3,6,10-11H,4-5,7-9H2,1H3,(H,17,20)(H,21,22)/t10-,16-/m1/s1. The van der Waals surface area contributed by atoms with Gasteiger partial charge in [-0.15, -0.1) is 0 Å². The molecular formula is C16H20N2O5. The van der Waals surface area contributed by atoms with Crippen molar-refractivity contribution in [1.29, 1.82) is 0 Å². The first kappa shape index (κ1) is 15.6. The number of carbonyl (C=O) groups excluding carboxylic acids is 2. The van der Waals surface area contributed by atoms with Crippen molar-refractivity contribution in [2.75, 3.05) is 6.54 Å². The topological polar surface area (TPSA) is 99.9 Å². The number of furan rings is 1. The summed E-state index contributed by atoms with van der Waals surface area (Å²) in [7, 11) is 0. The van der Waals surface area contributed by atoms with Gasteiger partial charge in [0.1, 0.15) is 11.3 Å². The van der Waals surface area contributed by atoms with Gasteiger partial charge in [0, 0.05) is 13.0 Å². The minimum Gasteiger partial charge on any atom is -0.480 e. The van der Waals surface area contributed by atoms with E-state index < -0.39 is 17.4 Å². The molecule has 2 heterocycles. The predicted octanol–water partition coefficient (Wildman–Crippen LogP) is 0.998. The van der Waals surface area contributed by atoms with Crippen molar-refractivity contribution in [3.8, 4) is 0 Å². The number of hydrogen-bond acceptors (Lipinski definition) is 4. The summed E-state index contributed by atoms with van der Waals surface area (Å²) in [6.45, 7) is 2.16. The van der Waals surface area contributed by atoms with E-state index in [-0.39, 0.29) is 30.7 Å².